The number of nitrogens with zero attached hydrogens (tertiary/aromatic N) is 4. The fourth-order valence-corrected chi connectivity index (χ4v) is 0.582. The van der Waals surface area contributed by atoms with E-state index in [0.717, 1.165) is 0 Å². The summed E-state index contributed by atoms with van der Waals surface area (Å²) in [5, 5.41) is 12.4. The van der Waals surface area contributed by atoms with Gasteiger partial charge >= 0.3 is 6.18 Å². The molecular weight excluding hydrogens is 185 g/mol. The monoisotopic (exact) mass is 192 g/mol. The van der Waals surface area contributed by atoms with Gasteiger partial charge in [-0.15, -0.1) is 20.4 Å². The van der Waals surface area contributed by atoms with Crippen LogP contribution in [0.15, 0.2) is 0 Å². The zero-order chi connectivity index (χ0) is 10.1. The van der Waals surface area contributed by atoms with E-state index < -0.39 is 12.0 Å². The third-order valence-corrected chi connectivity index (χ3v) is 1.26. The van der Waals surface area contributed by atoms with E-state index in [1.807, 2.05) is 0 Å². The van der Waals surface area contributed by atoms with Crippen LogP contribution in [-0.2, 0) is 6.18 Å². The summed E-state index contributed by atoms with van der Waals surface area (Å²) in [4.78, 5) is 0. The predicted octanol–water partition coefficient (Wildman–Crippen LogP) is 1.41. The molecule has 0 spiro atoms. The maximum Gasteiger partial charge on any atom is 0.455 e. The van der Waals surface area contributed by atoms with Gasteiger partial charge in [0.25, 0.3) is 5.82 Å². The van der Waals surface area contributed by atoms with Gasteiger partial charge in [0.05, 0.1) is 0 Å². The quantitative estimate of drug-likeness (QED) is 0.675. The van der Waals surface area contributed by atoms with Crippen molar-refractivity contribution in [2.75, 3.05) is 0 Å². The van der Waals surface area contributed by atoms with E-state index in [1.54, 1.807) is 13.8 Å². The van der Waals surface area contributed by atoms with E-state index in [1.165, 1.54) is 0 Å². The molecule has 1 rings (SSSR count). The molecule has 13 heavy (non-hydrogen) atoms. The van der Waals surface area contributed by atoms with E-state index in [4.69, 9.17) is 0 Å². The summed E-state index contributed by atoms with van der Waals surface area (Å²) in [5.41, 5.74) is 0. The molecule has 0 aliphatic carbocycles. The Bertz CT molecular complexity index is 279. The van der Waals surface area contributed by atoms with Crippen LogP contribution in [-0.4, -0.2) is 20.4 Å². The Labute approximate surface area is 72.2 Å². The molecule has 0 aromatic carbocycles. The molecule has 0 saturated carbocycles. The fourth-order valence-electron chi connectivity index (χ4n) is 0.582. The van der Waals surface area contributed by atoms with Crippen LogP contribution in [0.1, 0.15) is 31.4 Å². The molecule has 0 atom stereocenters. The van der Waals surface area contributed by atoms with E-state index in [9.17, 15) is 13.2 Å². The first-order valence-electron chi connectivity index (χ1n) is 3.55. The molecule has 0 aliphatic heterocycles. The maximum atomic E-state index is 11.9. The summed E-state index contributed by atoms with van der Waals surface area (Å²) in [6, 6.07) is 0. The van der Waals surface area contributed by atoms with Gasteiger partial charge in [0.2, 0.25) is 0 Å². The number of hydrogen-bond acceptors (Lipinski definition) is 4. The Morgan fingerprint density at radius 3 is 1.77 bits per heavy atom. The zero-order valence-corrected chi connectivity index (χ0v) is 7.00. The van der Waals surface area contributed by atoms with Crippen molar-refractivity contribution in [1.82, 2.24) is 20.4 Å². The summed E-state index contributed by atoms with van der Waals surface area (Å²) in [6.45, 7) is 3.48. The van der Waals surface area contributed by atoms with Crippen LogP contribution in [0.2, 0.25) is 0 Å². The minimum atomic E-state index is -4.57. The van der Waals surface area contributed by atoms with Crippen LogP contribution in [0.5, 0.6) is 0 Å². The van der Waals surface area contributed by atoms with Gasteiger partial charge in [-0.2, -0.15) is 13.2 Å². The minimum Gasteiger partial charge on any atom is -0.163 e. The van der Waals surface area contributed by atoms with Crippen LogP contribution in [0.4, 0.5) is 13.2 Å². The standard InChI is InChI=1S/C6H7F3N4/c1-3(2)4-10-12-5(13-11-4)6(7,8)9/h3H,1-2H3. The zero-order valence-electron chi connectivity index (χ0n) is 7.00. The summed E-state index contributed by atoms with van der Waals surface area (Å²) >= 11 is 0. The van der Waals surface area contributed by atoms with Crippen molar-refractivity contribution in [1.29, 1.82) is 0 Å². The normalized spacial score (nSPS) is 12.2. The lowest BCUT2D eigenvalue weighted by Gasteiger charge is -2.03. The number of halogens is 3. The predicted molar refractivity (Wildman–Crippen MR) is 36.7 cm³/mol. The van der Waals surface area contributed by atoms with Crippen LogP contribution >= 0.6 is 0 Å². The molecule has 0 N–H and O–H groups in total. The van der Waals surface area contributed by atoms with Crippen LogP contribution < -0.4 is 0 Å². The molecule has 0 fully saturated rings. The van der Waals surface area contributed by atoms with Crippen molar-refractivity contribution in [2.45, 2.75) is 25.9 Å². The molecule has 0 aliphatic rings. The third-order valence-electron chi connectivity index (χ3n) is 1.26. The smallest absolute Gasteiger partial charge is 0.163 e. The van der Waals surface area contributed by atoms with Crippen molar-refractivity contribution >= 4 is 0 Å². The lowest BCUT2D eigenvalue weighted by atomic mass is 10.2. The van der Waals surface area contributed by atoms with Gasteiger partial charge in [0.1, 0.15) is 0 Å². The van der Waals surface area contributed by atoms with Crippen molar-refractivity contribution in [3.8, 4) is 0 Å². The van der Waals surface area contributed by atoms with Crippen LogP contribution in [0, 0.1) is 0 Å². The second-order valence-electron chi connectivity index (χ2n) is 2.73. The maximum absolute atomic E-state index is 11.9. The van der Waals surface area contributed by atoms with Gasteiger partial charge in [0.15, 0.2) is 5.82 Å². The van der Waals surface area contributed by atoms with Gasteiger partial charge in [0, 0.05) is 5.92 Å². The highest BCUT2D eigenvalue weighted by molar-refractivity contribution is 4.90. The number of rotatable bonds is 1. The Kier molecular flexibility index (Phi) is 2.44. The average molecular weight is 192 g/mol. The van der Waals surface area contributed by atoms with Gasteiger partial charge in [-0.1, -0.05) is 13.8 Å². The topological polar surface area (TPSA) is 51.6 Å². The van der Waals surface area contributed by atoms with Crippen molar-refractivity contribution < 1.29 is 13.2 Å². The SMILES string of the molecule is CC(C)c1nnc(C(F)(F)F)nn1. The molecule has 4 nitrogen and oxygen atoms in total. The van der Waals surface area contributed by atoms with E-state index in [-0.39, 0.29) is 11.7 Å². The van der Waals surface area contributed by atoms with E-state index >= 15 is 0 Å². The van der Waals surface area contributed by atoms with Gasteiger partial charge in [-0.25, -0.2) is 0 Å². The highest BCUT2D eigenvalue weighted by Gasteiger charge is 2.35. The molecular formula is C6H7F3N4. The van der Waals surface area contributed by atoms with Gasteiger partial charge < -0.3 is 0 Å². The summed E-state index contributed by atoms with van der Waals surface area (Å²) in [6.07, 6.45) is -4.57. The van der Waals surface area contributed by atoms with E-state index in [0.29, 0.717) is 0 Å². The van der Waals surface area contributed by atoms with Crippen LogP contribution in [0.3, 0.4) is 0 Å². The summed E-state index contributed by atoms with van der Waals surface area (Å²) in [5.74, 6) is -1.19. The summed E-state index contributed by atoms with van der Waals surface area (Å²) < 4.78 is 35.7. The van der Waals surface area contributed by atoms with Crippen molar-refractivity contribution in [2.24, 2.45) is 0 Å². The molecule has 0 bridgehead atoms. The highest BCUT2D eigenvalue weighted by atomic mass is 19.4. The fraction of sp³-hybridized carbons (Fsp3) is 0.667. The Hall–Kier alpha value is -1.27. The molecule has 0 radical (unpaired) electrons. The Balaban J connectivity index is 2.94. The molecule has 72 valence electrons. The average Bonchev–Trinajstić information content (AvgIpc) is 2.03. The number of aromatic nitrogens is 4. The number of hydrogen-bond donors (Lipinski definition) is 0. The Morgan fingerprint density at radius 2 is 1.46 bits per heavy atom. The van der Waals surface area contributed by atoms with Gasteiger partial charge in [-0.3, -0.25) is 0 Å². The van der Waals surface area contributed by atoms with Gasteiger partial charge in [-0.05, 0) is 0 Å². The minimum absolute atomic E-state index is 0.0812. The van der Waals surface area contributed by atoms with Crippen molar-refractivity contribution in [3.05, 3.63) is 11.6 Å². The third kappa shape index (κ3) is 2.33. The highest BCUT2D eigenvalue weighted by Crippen LogP contribution is 2.24. The van der Waals surface area contributed by atoms with Crippen molar-refractivity contribution in [3.63, 3.8) is 0 Å². The largest absolute Gasteiger partial charge is 0.455 e. The first-order chi connectivity index (χ1) is 5.91. The molecule has 7 heteroatoms. The number of alkyl halides is 3. The molecule has 0 amide bonds. The molecule has 0 saturated heterocycles. The van der Waals surface area contributed by atoms with E-state index in [2.05, 4.69) is 20.4 Å². The lowest BCUT2D eigenvalue weighted by Crippen LogP contribution is -2.15. The first-order valence-corrected chi connectivity index (χ1v) is 3.55. The Morgan fingerprint density at radius 1 is 1.00 bits per heavy atom. The summed E-state index contributed by atoms with van der Waals surface area (Å²) in [7, 11) is 0. The molecule has 0 unspecified atom stereocenters. The first kappa shape index (κ1) is 9.82. The lowest BCUT2D eigenvalue weighted by molar-refractivity contribution is -0.146. The molecule has 1 aromatic rings. The van der Waals surface area contributed by atoms with Crippen LogP contribution in [0.25, 0.3) is 0 Å². The molecule has 1 aromatic heterocycles. The molecule has 1 heterocycles. The second kappa shape index (κ2) is 3.23. The second-order valence-corrected chi connectivity index (χ2v) is 2.73.